The summed E-state index contributed by atoms with van der Waals surface area (Å²) in [5, 5.41) is 0.0269. The van der Waals surface area contributed by atoms with Crippen molar-refractivity contribution in [1.82, 2.24) is 9.71 Å². The Morgan fingerprint density at radius 2 is 2.03 bits per heavy atom. The molecule has 1 fully saturated rings. The zero-order valence-corrected chi connectivity index (χ0v) is 18.2. The Hall–Kier alpha value is -3.06. The topological polar surface area (TPSA) is 68.3 Å². The molecule has 0 spiro atoms. The van der Waals surface area contributed by atoms with E-state index in [1.54, 1.807) is 6.20 Å². The smallest absolute Gasteiger partial charge is 0.263 e. The van der Waals surface area contributed by atoms with Gasteiger partial charge in [0.05, 0.1) is 11.9 Å². The van der Waals surface area contributed by atoms with Crippen molar-refractivity contribution in [2.24, 2.45) is 5.92 Å². The van der Waals surface area contributed by atoms with Crippen LogP contribution >= 0.6 is 0 Å². The first-order chi connectivity index (χ1) is 15.6. The van der Waals surface area contributed by atoms with E-state index >= 15 is 0 Å². The molecule has 164 valence electrons. The van der Waals surface area contributed by atoms with Gasteiger partial charge in [0.1, 0.15) is 22.6 Å². The molecule has 2 aliphatic rings. The van der Waals surface area contributed by atoms with Crippen LogP contribution in [0.1, 0.15) is 34.5 Å². The second-order valence-electron chi connectivity index (χ2n) is 8.35. The lowest BCUT2D eigenvalue weighted by molar-refractivity contribution is 0.0983. The van der Waals surface area contributed by atoms with Gasteiger partial charge in [0, 0.05) is 23.4 Å². The summed E-state index contributed by atoms with van der Waals surface area (Å²) >= 11 is 0. The quantitative estimate of drug-likeness (QED) is 0.610. The fourth-order valence-electron chi connectivity index (χ4n) is 4.01. The molecule has 0 radical (unpaired) electrons. The molecule has 5 rings (SSSR count). The number of amides is 1. The molecule has 1 unspecified atom stereocenters. The number of nitrogens with one attached hydrogen (secondary N) is 1. The predicted molar refractivity (Wildman–Crippen MR) is 121 cm³/mol. The number of hydrogen-bond acceptors (Lipinski definition) is 4. The number of hydrogen-bond donors (Lipinski definition) is 1. The van der Waals surface area contributed by atoms with Gasteiger partial charge in [-0.2, -0.15) is 0 Å². The number of halogens is 1. The molecule has 1 aliphatic heterocycles. The Morgan fingerprint density at radius 1 is 1.16 bits per heavy atom. The van der Waals surface area contributed by atoms with Crippen LogP contribution in [0.25, 0.3) is 11.1 Å². The van der Waals surface area contributed by atoms with Gasteiger partial charge in [-0.3, -0.25) is 14.5 Å². The van der Waals surface area contributed by atoms with Gasteiger partial charge in [-0.15, -0.1) is 0 Å². The third-order valence-electron chi connectivity index (χ3n) is 5.83. The molecule has 1 aliphatic carbocycles. The number of aromatic nitrogens is 1. The molecule has 1 amide bonds. The fraction of sp³-hybridized carbons (Fsp3) is 0.280. The minimum atomic E-state index is -1.41. The van der Waals surface area contributed by atoms with Crippen molar-refractivity contribution in [3.8, 4) is 16.9 Å². The zero-order chi connectivity index (χ0) is 22.1. The highest BCUT2D eigenvalue weighted by Crippen LogP contribution is 2.35. The molecule has 5 nitrogen and oxygen atoms in total. The highest BCUT2D eigenvalue weighted by Gasteiger charge is 2.30. The maximum absolute atomic E-state index is 14.1. The standard InChI is InChI=1S/C25H23FN2O3S/c26-19-6-9-22(25(29)28-32(30)21-7-8-21)23(14-19)17-4-5-18-11-16(15-31-24(18)13-17)12-20-3-1-2-10-27-20/h1-6,9-10,13-14,16,21H,7-8,11-12,15H2,(H,28,29)/t16-,32?/m0/s1. The highest BCUT2D eigenvalue weighted by atomic mass is 32.2. The van der Waals surface area contributed by atoms with Gasteiger partial charge < -0.3 is 4.74 Å². The van der Waals surface area contributed by atoms with Crippen LogP contribution < -0.4 is 9.46 Å². The van der Waals surface area contributed by atoms with Crippen molar-refractivity contribution < 1.29 is 18.1 Å². The maximum Gasteiger partial charge on any atom is 0.263 e. The number of fused-ring (bicyclic) bond motifs is 1. The average molecular weight is 451 g/mol. The van der Waals surface area contributed by atoms with E-state index in [4.69, 9.17) is 4.74 Å². The lowest BCUT2D eigenvalue weighted by Gasteiger charge is -2.26. The van der Waals surface area contributed by atoms with Crippen LogP contribution in [0.15, 0.2) is 60.8 Å². The first-order valence-electron chi connectivity index (χ1n) is 10.7. The number of nitrogens with zero attached hydrogens (tertiary/aromatic N) is 1. The first kappa shape index (κ1) is 20.8. The molecule has 0 saturated heterocycles. The Balaban J connectivity index is 1.37. The largest absolute Gasteiger partial charge is 0.493 e. The minimum absolute atomic E-state index is 0.0269. The van der Waals surface area contributed by atoms with Gasteiger partial charge in [0.15, 0.2) is 0 Å². The van der Waals surface area contributed by atoms with Crippen LogP contribution in [0.3, 0.4) is 0 Å². The molecule has 2 aromatic carbocycles. The molecule has 32 heavy (non-hydrogen) atoms. The van der Waals surface area contributed by atoms with Crippen molar-refractivity contribution in [2.45, 2.75) is 30.9 Å². The van der Waals surface area contributed by atoms with Gasteiger partial charge in [0.2, 0.25) is 0 Å². The van der Waals surface area contributed by atoms with Crippen LogP contribution in [0.2, 0.25) is 0 Å². The number of benzene rings is 2. The second kappa shape index (κ2) is 8.82. The van der Waals surface area contributed by atoms with E-state index in [2.05, 4.69) is 9.71 Å². The van der Waals surface area contributed by atoms with E-state index in [9.17, 15) is 13.4 Å². The van der Waals surface area contributed by atoms with Crippen molar-refractivity contribution in [3.05, 3.63) is 83.4 Å². The van der Waals surface area contributed by atoms with Gasteiger partial charge in [-0.1, -0.05) is 18.2 Å². The number of carbonyl (C=O) groups is 1. The Bertz CT molecular complexity index is 1180. The molecule has 3 aromatic rings. The molecular weight excluding hydrogens is 427 g/mol. The van der Waals surface area contributed by atoms with Crippen LogP contribution in [-0.4, -0.2) is 27.0 Å². The minimum Gasteiger partial charge on any atom is -0.493 e. The van der Waals surface area contributed by atoms with Crippen LogP contribution in [0.4, 0.5) is 4.39 Å². The number of pyridine rings is 1. The predicted octanol–water partition coefficient (Wildman–Crippen LogP) is 4.24. The summed E-state index contributed by atoms with van der Waals surface area (Å²) < 4.78 is 34.8. The van der Waals surface area contributed by atoms with E-state index in [1.165, 1.54) is 18.2 Å². The molecule has 7 heteroatoms. The van der Waals surface area contributed by atoms with Gasteiger partial charge >= 0.3 is 0 Å². The molecular formula is C25H23FN2O3S. The SMILES string of the molecule is O=C(NS(=O)C1CC1)c1ccc(F)cc1-c1ccc2c(c1)OC[C@H](Cc1ccccn1)C2. The van der Waals surface area contributed by atoms with Gasteiger partial charge in [-0.05, 0) is 78.8 Å². The Morgan fingerprint density at radius 3 is 2.81 bits per heavy atom. The lowest BCUT2D eigenvalue weighted by Crippen LogP contribution is -2.28. The van der Waals surface area contributed by atoms with E-state index in [0.717, 1.165) is 42.7 Å². The summed E-state index contributed by atoms with van der Waals surface area (Å²) in [6, 6.07) is 15.6. The molecule has 0 bridgehead atoms. The average Bonchev–Trinajstić information content (AvgIpc) is 3.65. The van der Waals surface area contributed by atoms with Gasteiger partial charge in [0.25, 0.3) is 5.91 Å². The van der Waals surface area contributed by atoms with E-state index in [-0.39, 0.29) is 5.25 Å². The normalized spacial score (nSPS) is 18.3. The lowest BCUT2D eigenvalue weighted by atomic mass is 9.90. The molecule has 1 aromatic heterocycles. The number of ether oxygens (including phenoxy) is 1. The van der Waals surface area contributed by atoms with Gasteiger partial charge in [-0.25, -0.2) is 8.60 Å². The highest BCUT2D eigenvalue weighted by molar-refractivity contribution is 7.84. The maximum atomic E-state index is 14.1. The van der Waals surface area contributed by atoms with Crippen LogP contribution in [-0.2, 0) is 23.8 Å². The van der Waals surface area contributed by atoms with Crippen molar-refractivity contribution in [2.75, 3.05) is 6.61 Å². The summed E-state index contributed by atoms with van der Waals surface area (Å²) in [6.07, 6.45) is 5.21. The van der Waals surface area contributed by atoms with E-state index in [0.29, 0.717) is 29.2 Å². The van der Waals surface area contributed by atoms with Crippen LogP contribution in [0, 0.1) is 11.7 Å². The summed E-state index contributed by atoms with van der Waals surface area (Å²) in [5.41, 5.74) is 3.56. The number of rotatable bonds is 6. The number of carbonyl (C=O) groups excluding carboxylic acids is 1. The van der Waals surface area contributed by atoms with Crippen molar-refractivity contribution >= 4 is 16.9 Å². The Kier molecular flexibility index (Phi) is 5.74. The summed E-state index contributed by atoms with van der Waals surface area (Å²) in [6.45, 7) is 0.573. The second-order valence-corrected chi connectivity index (χ2v) is 9.81. The third kappa shape index (κ3) is 4.58. The van der Waals surface area contributed by atoms with E-state index < -0.39 is 22.7 Å². The first-order valence-corrected chi connectivity index (χ1v) is 12.0. The Labute approximate surface area is 188 Å². The fourth-order valence-corrected chi connectivity index (χ4v) is 5.04. The molecule has 2 heterocycles. The summed E-state index contributed by atoms with van der Waals surface area (Å²) in [4.78, 5) is 17.1. The summed E-state index contributed by atoms with van der Waals surface area (Å²) in [5.74, 6) is 0.182. The van der Waals surface area contributed by atoms with Crippen molar-refractivity contribution in [1.29, 1.82) is 0 Å². The molecule has 1 N–H and O–H groups in total. The monoisotopic (exact) mass is 450 g/mol. The summed E-state index contributed by atoms with van der Waals surface area (Å²) in [7, 11) is -1.41. The third-order valence-corrected chi connectivity index (χ3v) is 7.30. The zero-order valence-electron chi connectivity index (χ0n) is 17.4. The van der Waals surface area contributed by atoms with E-state index in [1.807, 2.05) is 36.4 Å². The molecule has 2 atom stereocenters. The van der Waals surface area contributed by atoms with Crippen molar-refractivity contribution in [3.63, 3.8) is 0 Å². The van der Waals surface area contributed by atoms with Crippen LogP contribution in [0.5, 0.6) is 5.75 Å². The molecule has 1 saturated carbocycles.